The van der Waals surface area contributed by atoms with Crippen LogP contribution in [0.4, 0.5) is 10.5 Å². The summed E-state index contributed by atoms with van der Waals surface area (Å²) in [6, 6.07) is 19.7. The molecule has 1 aromatic heterocycles. The summed E-state index contributed by atoms with van der Waals surface area (Å²) in [6.07, 6.45) is 0.368. The minimum atomic E-state index is -1.02. The maximum atomic E-state index is 13.1. The highest BCUT2D eigenvalue weighted by Crippen LogP contribution is 2.32. The lowest BCUT2D eigenvalue weighted by atomic mass is 10.1. The molecule has 202 valence electrons. The second kappa shape index (κ2) is 12.0. The Kier molecular flexibility index (Phi) is 8.51. The summed E-state index contributed by atoms with van der Waals surface area (Å²) < 4.78 is 2.22. The number of rotatable bonds is 8. The Morgan fingerprint density at radius 1 is 1.08 bits per heavy atom. The molecule has 1 unspecified atom stereocenters. The SMILES string of the molecule is CCn1c2ccccc2c2cc(N=C(NC(=O)N(C)C(C)CC(=O)O)N(C=O)Cc3ccc(Cl)cc3)ccc21. The van der Waals surface area contributed by atoms with Gasteiger partial charge in [0.25, 0.3) is 0 Å². The van der Waals surface area contributed by atoms with Crippen molar-refractivity contribution in [3.05, 3.63) is 77.3 Å². The number of guanidine groups is 1. The van der Waals surface area contributed by atoms with Gasteiger partial charge < -0.3 is 14.6 Å². The summed E-state index contributed by atoms with van der Waals surface area (Å²) in [4.78, 5) is 43.7. The van der Waals surface area contributed by atoms with E-state index >= 15 is 0 Å². The first kappa shape index (κ1) is 27.7. The predicted octanol–water partition coefficient (Wildman–Crippen LogP) is 5.62. The van der Waals surface area contributed by atoms with Gasteiger partial charge in [-0.25, -0.2) is 9.79 Å². The number of amides is 3. The lowest BCUT2D eigenvalue weighted by Crippen LogP contribution is -2.50. The average Bonchev–Trinajstić information content (AvgIpc) is 3.24. The molecule has 10 heteroatoms. The number of carboxylic acid groups (broad SMARTS) is 1. The van der Waals surface area contributed by atoms with E-state index in [1.165, 1.54) is 16.8 Å². The molecule has 39 heavy (non-hydrogen) atoms. The molecule has 0 saturated carbocycles. The van der Waals surface area contributed by atoms with E-state index in [0.717, 1.165) is 33.9 Å². The number of hydrogen-bond acceptors (Lipinski definition) is 4. The van der Waals surface area contributed by atoms with Crippen LogP contribution >= 0.6 is 11.6 Å². The molecular formula is C29H30ClN5O4. The lowest BCUT2D eigenvalue weighted by Gasteiger charge is -2.26. The van der Waals surface area contributed by atoms with E-state index in [0.29, 0.717) is 17.1 Å². The van der Waals surface area contributed by atoms with Crippen molar-refractivity contribution in [3.63, 3.8) is 0 Å². The Morgan fingerprint density at radius 3 is 2.44 bits per heavy atom. The van der Waals surface area contributed by atoms with E-state index in [1.54, 1.807) is 31.2 Å². The molecule has 4 rings (SSSR count). The topological polar surface area (TPSA) is 107 Å². The number of hydrogen-bond donors (Lipinski definition) is 2. The largest absolute Gasteiger partial charge is 0.481 e. The van der Waals surface area contributed by atoms with Gasteiger partial charge in [0.05, 0.1) is 18.7 Å². The van der Waals surface area contributed by atoms with Crippen LogP contribution in [0.5, 0.6) is 0 Å². The Balaban J connectivity index is 1.75. The number of aryl methyl sites for hydroxylation is 1. The van der Waals surface area contributed by atoms with Crippen molar-refractivity contribution in [1.29, 1.82) is 0 Å². The summed E-state index contributed by atoms with van der Waals surface area (Å²) in [7, 11) is 1.50. The third kappa shape index (κ3) is 6.21. The molecule has 0 aliphatic rings. The number of urea groups is 1. The highest BCUT2D eigenvalue weighted by atomic mass is 35.5. The fourth-order valence-electron chi connectivity index (χ4n) is 4.46. The number of aliphatic carboxylic acids is 1. The van der Waals surface area contributed by atoms with Gasteiger partial charge in [0, 0.05) is 46.5 Å². The molecule has 0 fully saturated rings. The van der Waals surface area contributed by atoms with Crippen molar-refractivity contribution in [3.8, 4) is 0 Å². The van der Waals surface area contributed by atoms with Crippen LogP contribution in [-0.2, 0) is 22.7 Å². The maximum Gasteiger partial charge on any atom is 0.324 e. The van der Waals surface area contributed by atoms with Gasteiger partial charge in [0.2, 0.25) is 12.4 Å². The number of carboxylic acids is 1. The highest BCUT2D eigenvalue weighted by molar-refractivity contribution is 6.30. The van der Waals surface area contributed by atoms with E-state index in [2.05, 4.69) is 33.9 Å². The molecule has 3 amide bonds. The molecule has 1 atom stereocenters. The number of nitrogens with zero attached hydrogens (tertiary/aromatic N) is 4. The monoisotopic (exact) mass is 547 g/mol. The molecular weight excluding hydrogens is 518 g/mol. The summed E-state index contributed by atoms with van der Waals surface area (Å²) >= 11 is 6.01. The number of carbonyl (C=O) groups is 3. The average molecular weight is 548 g/mol. The smallest absolute Gasteiger partial charge is 0.324 e. The van der Waals surface area contributed by atoms with Gasteiger partial charge in [-0.1, -0.05) is 41.9 Å². The summed E-state index contributed by atoms with van der Waals surface area (Å²) in [5.74, 6) is -1.01. The van der Waals surface area contributed by atoms with Crippen LogP contribution in [-0.4, -0.2) is 56.9 Å². The Labute approximate surface area is 231 Å². The Morgan fingerprint density at radius 2 is 1.77 bits per heavy atom. The van der Waals surface area contributed by atoms with Crippen molar-refractivity contribution < 1.29 is 19.5 Å². The van der Waals surface area contributed by atoms with Crippen molar-refractivity contribution in [1.82, 2.24) is 19.7 Å². The van der Waals surface area contributed by atoms with Crippen LogP contribution in [0, 0.1) is 0 Å². The van der Waals surface area contributed by atoms with Crippen LogP contribution in [0.15, 0.2) is 71.7 Å². The van der Waals surface area contributed by atoms with Gasteiger partial charge in [-0.2, -0.15) is 0 Å². The Bertz CT molecular complexity index is 1550. The molecule has 0 bridgehead atoms. The number of benzene rings is 3. The number of aliphatic imine (C=N–C) groups is 1. The van der Waals surface area contributed by atoms with E-state index in [9.17, 15) is 14.4 Å². The zero-order valence-electron chi connectivity index (χ0n) is 22.0. The maximum absolute atomic E-state index is 13.1. The van der Waals surface area contributed by atoms with Gasteiger partial charge in [-0.05, 0) is 55.8 Å². The standard InChI is InChI=1S/C29H30ClN5O4/c1-4-35-25-8-6-5-7-23(25)24-16-22(13-14-26(24)35)31-28(32-29(39)33(3)19(2)15-27(37)38)34(18-36)17-20-9-11-21(30)12-10-20/h5-14,16,18-19H,4,15,17H2,1-3H3,(H,37,38)(H,31,32,39). The van der Waals surface area contributed by atoms with E-state index in [-0.39, 0.29) is 18.9 Å². The van der Waals surface area contributed by atoms with E-state index < -0.39 is 18.0 Å². The molecule has 0 aliphatic heterocycles. The molecule has 0 aliphatic carbocycles. The molecule has 1 heterocycles. The third-order valence-corrected chi connectivity index (χ3v) is 6.89. The van der Waals surface area contributed by atoms with Crippen LogP contribution in [0.3, 0.4) is 0 Å². The normalized spacial score (nSPS) is 12.4. The minimum absolute atomic E-state index is 0.0119. The summed E-state index contributed by atoms with van der Waals surface area (Å²) in [5, 5.41) is 14.5. The van der Waals surface area contributed by atoms with Crippen LogP contribution in [0.2, 0.25) is 5.02 Å². The zero-order valence-corrected chi connectivity index (χ0v) is 22.7. The second-order valence-corrected chi connectivity index (χ2v) is 9.68. The van der Waals surface area contributed by atoms with Crippen LogP contribution in [0.1, 0.15) is 25.8 Å². The van der Waals surface area contributed by atoms with Crippen molar-refractivity contribution in [2.45, 2.75) is 39.4 Å². The van der Waals surface area contributed by atoms with E-state index in [4.69, 9.17) is 16.7 Å². The molecule has 9 nitrogen and oxygen atoms in total. The van der Waals surface area contributed by atoms with Crippen molar-refractivity contribution >= 4 is 63.5 Å². The fourth-order valence-corrected chi connectivity index (χ4v) is 4.59. The number of para-hydroxylation sites is 1. The van der Waals surface area contributed by atoms with Crippen LogP contribution in [0.25, 0.3) is 21.8 Å². The second-order valence-electron chi connectivity index (χ2n) is 9.25. The molecule has 0 spiro atoms. The van der Waals surface area contributed by atoms with Gasteiger partial charge in [0.1, 0.15) is 0 Å². The first-order chi connectivity index (χ1) is 18.7. The minimum Gasteiger partial charge on any atom is -0.481 e. The lowest BCUT2D eigenvalue weighted by molar-refractivity contribution is -0.137. The number of nitrogens with one attached hydrogen (secondary N) is 1. The van der Waals surface area contributed by atoms with Gasteiger partial charge in [-0.15, -0.1) is 0 Å². The molecule has 4 aromatic rings. The third-order valence-electron chi connectivity index (χ3n) is 6.64. The quantitative estimate of drug-likeness (QED) is 0.170. The number of carbonyl (C=O) groups excluding carboxylic acids is 2. The van der Waals surface area contributed by atoms with Crippen LogP contribution < -0.4 is 5.32 Å². The number of aromatic nitrogens is 1. The molecule has 0 saturated heterocycles. The van der Waals surface area contributed by atoms with Crippen molar-refractivity contribution in [2.75, 3.05) is 7.05 Å². The number of halogens is 1. The zero-order chi connectivity index (χ0) is 28.1. The molecule has 0 radical (unpaired) electrons. The summed E-state index contributed by atoms with van der Waals surface area (Å²) in [6.45, 7) is 4.65. The van der Waals surface area contributed by atoms with Gasteiger partial charge >= 0.3 is 12.0 Å². The number of fused-ring (bicyclic) bond motifs is 3. The highest BCUT2D eigenvalue weighted by Gasteiger charge is 2.22. The first-order valence-corrected chi connectivity index (χ1v) is 12.9. The van der Waals surface area contributed by atoms with E-state index in [1.807, 2.05) is 30.3 Å². The Hall–Kier alpha value is -4.37. The predicted molar refractivity (Wildman–Crippen MR) is 153 cm³/mol. The molecule has 2 N–H and O–H groups in total. The summed E-state index contributed by atoms with van der Waals surface area (Å²) in [5.41, 5.74) is 3.48. The fraction of sp³-hybridized carbons (Fsp3) is 0.241. The molecule has 3 aromatic carbocycles. The first-order valence-electron chi connectivity index (χ1n) is 12.5. The van der Waals surface area contributed by atoms with Crippen molar-refractivity contribution in [2.24, 2.45) is 4.99 Å². The van der Waals surface area contributed by atoms with Gasteiger partial charge in [-0.3, -0.25) is 19.8 Å². The van der Waals surface area contributed by atoms with Gasteiger partial charge in [0.15, 0.2) is 0 Å².